The van der Waals surface area contributed by atoms with Crippen molar-refractivity contribution in [3.63, 3.8) is 0 Å². The molecule has 0 saturated heterocycles. The second-order valence-electron chi connectivity index (χ2n) is 6.45. The maximum absolute atomic E-state index is 12.3. The van der Waals surface area contributed by atoms with E-state index < -0.39 is 13.9 Å². The van der Waals surface area contributed by atoms with Gasteiger partial charge in [-0.25, -0.2) is 4.98 Å². The number of nitrogens with one attached hydrogen (secondary N) is 2. The van der Waals surface area contributed by atoms with E-state index in [1.54, 1.807) is 39.0 Å². The highest BCUT2D eigenvalue weighted by Crippen LogP contribution is 2.35. The van der Waals surface area contributed by atoms with Gasteiger partial charge in [-0.2, -0.15) is 4.98 Å². The van der Waals surface area contributed by atoms with Crippen LogP contribution in [0.1, 0.15) is 27.2 Å². The molecule has 10 nitrogen and oxygen atoms in total. The van der Waals surface area contributed by atoms with E-state index in [2.05, 4.69) is 20.3 Å². The number of aromatic amines is 1. The first kappa shape index (κ1) is 22.4. The van der Waals surface area contributed by atoms with Crippen molar-refractivity contribution < 1.29 is 18.6 Å². The maximum Gasteiger partial charge on any atom is 0.280 e. The summed E-state index contributed by atoms with van der Waals surface area (Å²) < 4.78 is 18.1. The average molecular weight is 413 g/mol. The summed E-state index contributed by atoms with van der Waals surface area (Å²) in [6.45, 7) is 6.53. The first-order valence-electron chi connectivity index (χ1n) is 9.12. The SMILES string of the molecule is CCC(Cn1cnc2c(=O)[nH]c(NC(=O)C(C)C)nc21)OCCP(OC)OC. The molecule has 156 valence electrons. The number of hydrogen-bond donors (Lipinski definition) is 2. The van der Waals surface area contributed by atoms with E-state index in [1.807, 2.05) is 6.92 Å². The van der Waals surface area contributed by atoms with Gasteiger partial charge >= 0.3 is 0 Å². The Morgan fingerprint density at radius 1 is 1.36 bits per heavy atom. The minimum absolute atomic E-state index is 0.0854. The third-order valence-electron chi connectivity index (χ3n) is 4.13. The summed E-state index contributed by atoms with van der Waals surface area (Å²) in [4.78, 5) is 35.2. The highest BCUT2D eigenvalue weighted by Gasteiger charge is 2.16. The Kier molecular flexibility index (Phi) is 8.50. The number of ether oxygens (including phenoxy) is 1. The smallest absolute Gasteiger partial charge is 0.280 e. The molecule has 2 N–H and O–H groups in total. The molecule has 2 aromatic heterocycles. The van der Waals surface area contributed by atoms with E-state index in [-0.39, 0.29) is 29.4 Å². The van der Waals surface area contributed by atoms with Crippen molar-refractivity contribution in [2.45, 2.75) is 39.8 Å². The molecule has 0 fully saturated rings. The first-order chi connectivity index (χ1) is 13.4. The van der Waals surface area contributed by atoms with Crippen molar-refractivity contribution in [2.75, 3.05) is 32.3 Å². The molecule has 1 atom stereocenters. The lowest BCUT2D eigenvalue weighted by molar-refractivity contribution is -0.118. The van der Waals surface area contributed by atoms with Crippen LogP contribution >= 0.6 is 8.38 Å². The van der Waals surface area contributed by atoms with Gasteiger partial charge in [0.15, 0.2) is 19.5 Å². The van der Waals surface area contributed by atoms with Crippen LogP contribution in [0.2, 0.25) is 0 Å². The summed E-state index contributed by atoms with van der Waals surface area (Å²) in [7, 11) is 2.29. The standard InChI is InChI=1S/C17H28N5O5P/c1-6-12(27-7-8-28(25-4)26-5)9-22-10-18-13-14(22)19-17(21-16(13)24)20-15(23)11(2)3/h10-12H,6-9H2,1-5H3,(H2,19,20,21,23,24). The predicted molar refractivity (Wildman–Crippen MR) is 107 cm³/mol. The minimum Gasteiger partial charge on any atom is -0.376 e. The lowest BCUT2D eigenvalue weighted by atomic mass is 10.2. The lowest BCUT2D eigenvalue weighted by Gasteiger charge is -2.18. The molecule has 0 bridgehead atoms. The number of nitrogens with zero attached hydrogens (tertiary/aromatic N) is 3. The van der Waals surface area contributed by atoms with Crippen molar-refractivity contribution in [2.24, 2.45) is 5.92 Å². The molecule has 2 rings (SSSR count). The summed E-state index contributed by atoms with van der Waals surface area (Å²) in [5, 5.41) is 2.61. The summed E-state index contributed by atoms with van der Waals surface area (Å²) in [6, 6.07) is 0. The van der Waals surface area contributed by atoms with E-state index in [9.17, 15) is 9.59 Å². The number of amides is 1. The van der Waals surface area contributed by atoms with Gasteiger partial charge in [-0.15, -0.1) is 0 Å². The molecular weight excluding hydrogens is 385 g/mol. The minimum atomic E-state index is -0.935. The molecule has 0 spiro atoms. The van der Waals surface area contributed by atoms with Gasteiger partial charge in [-0.3, -0.25) is 19.9 Å². The van der Waals surface area contributed by atoms with E-state index in [0.29, 0.717) is 25.0 Å². The quantitative estimate of drug-likeness (QED) is 0.541. The molecule has 0 aliphatic carbocycles. The van der Waals surface area contributed by atoms with Gasteiger partial charge in [0.2, 0.25) is 11.9 Å². The Hall–Kier alpha value is -1.87. The van der Waals surface area contributed by atoms with Crippen LogP contribution in [0.4, 0.5) is 5.95 Å². The normalized spacial score (nSPS) is 12.8. The number of anilines is 1. The molecule has 0 saturated carbocycles. The lowest BCUT2D eigenvalue weighted by Crippen LogP contribution is -2.23. The molecule has 0 aliphatic heterocycles. The Morgan fingerprint density at radius 2 is 2.07 bits per heavy atom. The molecule has 2 heterocycles. The summed E-state index contributed by atoms with van der Waals surface area (Å²) >= 11 is 0. The Bertz CT molecular complexity index is 833. The number of imidazole rings is 1. The molecule has 0 radical (unpaired) electrons. The fraction of sp³-hybridized carbons (Fsp3) is 0.647. The van der Waals surface area contributed by atoms with E-state index in [1.165, 1.54) is 0 Å². The molecule has 28 heavy (non-hydrogen) atoms. The van der Waals surface area contributed by atoms with Crippen molar-refractivity contribution >= 4 is 31.4 Å². The van der Waals surface area contributed by atoms with Gasteiger partial charge in [-0.1, -0.05) is 20.8 Å². The topological polar surface area (TPSA) is 120 Å². The number of carbonyl (C=O) groups is 1. The van der Waals surface area contributed by atoms with Crippen molar-refractivity contribution in [3.05, 3.63) is 16.7 Å². The van der Waals surface area contributed by atoms with Gasteiger partial charge in [0.25, 0.3) is 5.56 Å². The third-order valence-corrected chi connectivity index (χ3v) is 5.49. The maximum atomic E-state index is 12.3. The monoisotopic (exact) mass is 413 g/mol. The number of aromatic nitrogens is 4. The van der Waals surface area contributed by atoms with Crippen molar-refractivity contribution in [3.8, 4) is 0 Å². The van der Waals surface area contributed by atoms with E-state index in [0.717, 1.165) is 6.42 Å². The fourth-order valence-electron chi connectivity index (χ4n) is 2.48. The summed E-state index contributed by atoms with van der Waals surface area (Å²) in [5.41, 5.74) is 0.225. The van der Waals surface area contributed by atoms with Gasteiger partial charge in [0, 0.05) is 26.3 Å². The number of rotatable bonds is 11. The summed E-state index contributed by atoms with van der Waals surface area (Å²) in [6.07, 6.45) is 2.92. The summed E-state index contributed by atoms with van der Waals surface area (Å²) in [5.74, 6) is -0.345. The van der Waals surface area contributed by atoms with Gasteiger partial charge in [0.1, 0.15) is 0 Å². The molecular formula is C17H28N5O5P. The largest absolute Gasteiger partial charge is 0.376 e. The van der Waals surface area contributed by atoms with Crippen LogP contribution in [0.15, 0.2) is 11.1 Å². The van der Waals surface area contributed by atoms with Crippen LogP contribution in [-0.4, -0.2) is 58.5 Å². The molecule has 2 aromatic rings. The average Bonchev–Trinajstić information content (AvgIpc) is 3.07. The highest BCUT2D eigenvalue weighted by atomic mass is 31.2. The van der Waals surface area contributed by atoms with E-state index in [4.69, 9.17) is 13.8 Å². The zero-order chi connectivity index (χ0) is 20.7. The number of carbonyl (C=O) groups excluding carboxylic acids is 1. The van der Waals surface area contributed by atoms with Gasteiger partial charge in [0.05, 0.1) is 25.6 Å². The molecule has 0 aromatic carbocycles. The second-order valence-corrected chi connectivity index (χ2v) is 8.29. The number of H-pyrrole nitrogens is 1. The van der Waals surface area contributed by atoms with Crippen molar-refractivity contribution in [1.82, 2.24) is 19.5 Å². The first-order valence-corrected chi connectivity index (χ1v) is 10.5. The Labute approximate surface area is 164 Å². The van der Waals surface area contributed by atoms with Crippen LogP contribution in [0.5, 0.6) is 0 Å². The predicted octanol–water partition coefficient (Wildman–Crippen LogP) is 2.11. The van der Waals surface area contributed by atoms with Crippen LogP contribution in [0.3, 0.4) is 0 Å². The van der Waals surface area contributed by atoms with Gasteiger partial charge < -0.3 is 18.4 Å². The van der Waals surface area contributed by atoms with Crippen LogP contribution < -0.4 is 10.9 Å². The molecule has 0 aliphatic rings. The zero-order valence-corrected chi connectivity index (χ0v) is 17.8. The van der Waals surface area contributed by atoms with Crippen molar-refractivity contribution in [1.29, 1.82) is 0 Å². The zero-order valence-electron chi connectivity index (χ0n) is 16.9. The Balaban J connectivity index is 2.13. The molecule has 1 amide bonds. The second kappa shape index (κ2) is 10.6. The highest BCUT2D eigenvalue weighted by molar-refractivity contribution is 7.47. The van der Waals surface area contributed by atoms with Gasteiger partial charge in [-0.05, 0) is 6.42 Å². The molecule has 1 unspecified atom stereocenters. The third kappa shape index (κ3) is 5.81. The molecule has 11 heteroatoms. The van der Waals surface area contributed by atoms with Crippen LogP contribution in [-0.2, 0) is 25.1 Å². The number of fused-ring (bicyclic) bond motifs is 1. The van der Waals surface area contributed by atoms with Crippen LogP contribution in [0.25, 0.3) is 11.2 Å². The van der Waals surface area contributed by atoms with E-state index >= 15 is 0 Å². The fourth-order valence-corrected chi connectivity index (χ4v) is 3.25. The number of hydrogen-bond acceptors (Lipinski definition) is 7. The van der Waals surface area contributed by atoms with Crippen LogP contribution in [0, 0.1) is 5.92 Å². The Morgan fingerprint density at radius 3 is 2.68 bits per heavy atom.